The van der Waals surface area contributed by atoms with Gasteiger partial charge >= 0.3 is 0 Å². The van der Waals surface area contributed by atoms with E-state index in [4.69, 9.17) is 0 Å². The zero-order chi connectivity index (χ0) is 13.1. The molecular formula is C13H16BrN3O. The maximum Gasteiger partial charge on any atom is 0.154 e. The molecule has 4 nitrogen and oxygen atoms in total. The number of rotatable bonds is 4. The van der Waals surface area contributed by atoms with Crippen LogP contribution >= 0.6 is 15.9 Å². The Balaban J connectivity index is 2.03. The molecule has 1 aromatic heterocycles. The van der Waals surface area contributed by atoms with Crippen LogP contribution in [0.25, 0.3) is 0 Å². The highest BCUT2D eigenvalue weighted by atomic mass is 79.9. The van der Waals surface area contributed by atoms with E-state index in [0.717, 1.165) is 12.1 Å². The maximum atomic E-state index is 10.2. The van der Waals surface area contributed by atoms with E-state index in [0.29, 0.717) is 11.0 Å². The Labute approximate surface area is 115 Å². The topological polar surface area (TPSA) is 50.9 Å². The summed E-state index contributed by atoms with van der Waals surface area (Å²) in [4.78, 5) is 0. The van der Waals surface area contributed by atoms with Crippen LogP contribution in [0.4, 0.5) is 0 Å². The molecule has 18 heavy (non-hydrogen) atoms. The van der Waals surface area contributed by atoms with Gasteiger partial charge in [0.05, 0.1) is 6.10 Å². The second kappa shape index (κ2) is 5.63. The molecule has 5 heteroatoms. The first-order valence-corrected chi connectivity index (χ1v) is 6.66. The van der Waals surface area contributed by atoms with Gasteiger partial charge in [-0.25, -0.2) is 4.68 Å². The van der Waals surface area contributed by atoms with Crippen molar-refractivity contribution < 1.29 is 5.11 Å². The second-order valence-electron chi connectivity index (χ2n) is 4.43. The lowest BCUT2D eigenvalue weighted by atomic mass is 10.0. The molecule has 0 aliphatic heterocycles. The van der Waals surface area contributed by atoms with E-state index in [-0.39, 0.29) is 0 Å². The number of nitrogens with zero attached hydrogens (tertiary/aromatic N) is 3. The summed E-state index contributed by atoms with van der Waals surface area (Å²) >= 11 is 3.30. The van der Waals surface area contributed by atoms with Gasteiger partial charge in [0.25, 0.3) is 0 Å². The number of aromatic nitrogens is 3. The summed E-state index contributed by atoms with van der Waals surface area (Å²) in [7, 11) is 1.78. The molecule has 2 rings (SSSR count). The van der Waals surface area contributed by atoms with Gasteiger partial charge in [-0.15, -0.1) is 5.10 Å². The average molecular weight is 310 g/mol. The Bertz CT molecular complexity index is 519. The van der Waals surface area contributed by atoms with E-state index in [9.17, 15) is 5.11 Å². The van der Waals surface area contributed by atoms with Gasteiger partial charge < -0.3 is 5.11 Å². The van der Waals surface area contributed by atoms with E-state index < -0.39 is 6.10 Å². The number of benzene rings is 1. The highest BCUT2D eigenvalue weighted by molar-refractivity contribution is 9.10. The fourth-order valence-electron chi connectivity index (χ4n) is 2.00. The standard InChI is InChI=1S/C13H16BrN3O/c1-9-4-3-5-10(8-9)6-7-11(18)12-13(14)15-16-17(12)2/h3-5,8,11,18H,6-7H2,1-2H3. The van der Waals surface area contributed by atoms with Crippen LogP contribution in [0.5, 0.6) is 0 Å². The van der Waals surface area contributed by atoms with E-state index >= 15 is 0 Å². The monoisotopic (exact) mass is 309 g/mol. The summed E-state index contributed by atoms with van der Waals surface area (Å²) in [5.41, 5.74) is 3.20. The first-order chi connectivity index (χ1) is 8.58. The number of aryl methyl sites for hydroxylation is 3. The molecular weight excluding hydrogens is 294 g/mol. The largest absolute Gasteiger partial charge is 0.387 e. The molecule has 1 unspecified atom stereocenters. The van der Waals surface area contributed by atoms with Gasteiger partial charge in [-0.2, -0.15) is 0 Å². The molecule has 0 amide bonds. The molecule has 0 saturated carbocycles. The zero-order valence-electron chi connectivity index (χ0n) is 10.5. The minimum absolute atomic E-state index is 0.556. The minimum Gasteiger partial charge on any atom is -0.387 e. The molecule has 0 radical (unpaired) electrons. The Morgan fingerprint density at radius 2 is 2.22 bits per heavy atom. The third kappa shape index (κ3) is 2.97. The lowest BCUT2D eigenvalue weighted by molar-refractivity contribution is 0.157. The van der Waals surface area contributed by atoms with Gasteiger partial charge in [-0.05, 0) is 41.3 Å². The molecule has 2 aromatic rings. The van der Waals surface area contributed by atoms with Crippen molar-refractivity contribution in [2.75, 3.05) is 0 Å². The molecule has 0 aliphatic carbocycles. The molecule has 96 valence electrons. The van der Waals surface area contributed by atoms with Crippen molar-refractivity contribution in [1.82, 2.24) is 15.0 Å². The lowest BCUT2D eigenvalue weighted by Crippen LogP contribution is -2.07. The molecule has 0 fully saturated rings. The number of halogens is 1. The normalized spacial score (nSPS) is 12.7. The number of aliphatic hydroxyl groups is 1. The van der Waals surface area contributed by atoms with Crippen LogP contribution in [-0.2, 0) is 13.5 Å². The van der Waals surface area contributed by atoms with Crippen LogP contribution in [0.15, 0.2) is 28.9 Å². The van der Waals surface area contributed by atoms with E-state index in [1.165, 1.54) is 11.1 Å². The van der Waals surface area contributed by atoms with Crippen molar-refractivity contribution in [2.24, 2.45) is 7.05 Å². The van der Waals surface area contributed by atoms with Gasteiger partial charge in [0.1, 0.15) is 5.69 Å². The first kappa shape index (κ1) is 13.2. The number of aliphatic hydroxyl groups excluding tert-OH is 1. The quantitative estimate of drug-likeness (QED) is 0.944. The lowest BCUT2D eigenvalue weighted by Gasteiger charge is -2.11. The fourth-order valence-corrected chi connectivity index (χ4v) is 2.59. The summed E-state index contributed by atoms with van der Waals surface area (Å²) < 4.78 is 2.21. The SMILES string of the molecule is Cc1cccc(CCC(O)c2c(Br)nnn2C)c1. The third-order valence-corrected chi connectivity index (χ3v) is 3.50. The van der Waals surface area contributed by atoms with Crippen LogP contribution in [0, 0.1) is 6.92 Å². The average Bonchev–Trinajstić information content (AvgIpc) is 2.66. The van der Waals surface area contributed by atoms with Gasteiger partial charge in [0.15, 0.2) is 4.60 Å². The highest BCUT2D eigenvalue weighted by Gasteiger charge is 2.17. The Hall–Kier alpha value is -1.20. The fraction of sp³-hybridized carbons (Fsp3) is 0.385. The number of hydrogen-bond donors (Lipinski definition) is 1. The van der Waals surface area contributed by atoms with E-state index in [1.807, 2.05) is 6.07 Å². The maximum absolute atomic E-state index is 10.2. The summed E-state index contributed by atoms with van der Waals surface area (Å²) in [6, 6.07) is 8.33. The van der Waals surface area contributed by atoms with Gasteiger partial charge in [-0.3, -0.25) is 0 Å². The zero-order valence-corrected chi connectivity index (χ0v) is 12.1. The minimum atomic E-state index is -0.556. The smallest absolute Gasteiger partial charge is 0.154 e. The van der Waals surface area contributed by atoms with Crippen LogP contribution in [-0.4, -0.2) is 20.1 Å². The Morgan fingerprint density at radius 3 is 2.83 bits per heavy atom. The molecule has 1 atom stereocenters. The van der Waals surface area contributed by atoms with E-state index in [2.05, 4.69) is 51.4 Å². The predicted molar refractivity (Wildman–Crippen MR) is 73.2 cm³/mol. The molecule has 0 spiro atoms. The van der Waals surface area contributed by atoms with Gasteiger partial charge in [0.2, 0.25) is 0 Å². The van der Waals surface area contributed by atoms with Gasteiger partial charge in [-0.1, -0.05) is 35.0 Å². The van der Waals surface area contributed by atoms with Crippen LogP contribution in [0.2, 0.25) is 0 Å². The predicted octanol–water partition coefficient (Wildman–Crippen LogP) is 2.55. The summed E-state index contributed by atoms with van der Waals surface area (Å²) in [6.45, 7) is 2.07. The highest BCUT2D eigenvalue weighted by Crippen LogP contribution is 2.24. The van der Waals surface area contributed by atoms with Crippen molar-refractivity contribution in [3.63, 3.8) is 0 Å². The van der Waals surface area contributed by atoms with Crippen LogP contribution < -0.4 is 0 Å². The summed E-state index contributed by atoms with van der Waals surface area (Å²) in [5, 5.41) is 17.9. The Kier molecular flexibility index (Phi) is 4.14. The second-order valence-corrected chi connectivity index (χ2v) is 5.18. The molecule has 1 N–H and O–H groups in total. The first-order valence-electron chi connectivity index (χ1n) is 5.86. The van der Waals surface area contributed by atoms with Crippen molar-refractivity contribution >= 4 is 15.9 Å². The number of hydrogen-bond acceptors (Lipinski definition) is 3. The summed E-state index contributed by atoms with van der Waals surface area (Å²) in [6.07, 6.45) is 0.934. The molecule has 1 heterocycles. The van der Waals surface area contributed by atoms with Crippen LogP contribution in [0.3, 0.4) is 0 Å². The van der Waals surface area contributed by atoms with Crippen molar-refractivity contribution in [1.29, 1.82) is 0 Å². The third-order valence-electron chi connectivity index (χ3n) is 2.93. The van der Waals surface area contributed by atoms with Crippen LogP contribution in [0.1, 0.15) is 29.3 Å². The van der Waals surface area contributed by atoms with Crippen molar-refractivity contribution in [3.05, 3.63) is 45.7 Å². The molecule has 1 aromatic carbocycles. The van der Waals surface area contributed by atoms with Crippen molar-refractivity contribution in [3.8, 4) is 0 Å². The molecule has 0 saturated heterocycles. The van der Waals surface area contributed by atoms with Crippen molar-refractivity contribution in [2.45, 2.75) is 25.9 Å². The summed E-state index contributed by atoms with van der Waals surface area (Å²) in [5.74, 6) is 0. The van der Waals surface area contributed by atoms with Gasteiger partial charge in [0, 0.05) is 7.05 Å². The van der Waals surface area contributed by atoms with E-state index in [1.54, 1.807) is 11.7 Å². The molecule has 0 aliphatic rings. The Morgan fingerprint density at radius 1 is 1.44 bits per heavy atom. The molecule has 0 bridgehead atoms.